The van der Waals surface area contributed by atoms with E-state index in [9.17, 15) is 14.4 Å². The molecule has 1 N–H and O–H groups in total. The summed E-state index contributed by atoms with van der Waals surface area (Å²) < 4.78 is 12.0. The van der Waals surface area contributed by atoms with E-state index < -0.39 is 35.6 Å². The van der Waals surface area contributed by atoms with Crippen molar-refractivity contribution >= 4 is 17.8 Å². The van der Waals surface area contributed by atoms with Crippen LogP contribution in [0.15, 0.2) is 24.3 Å². The Hall–Kier alpha value is -2.19. The average Bonchev–Trinajstić information content (AvgIpc) is 3.17. The third-order valence-electron chi connectivity index (χ3n) is 7.29. The first-order valence-corrected chi connectivity index (χ1v) is 12.4. The number of nitrogens with zero attached hydrogens (tertiary/aromatic N) is 2. The molecule has 0 saturated carbocycles. The summed E-state index contributed by atoms with van der Waals surface area (Å²) >= 11 is 0. The van der Waals surface area contributed by atoms with Gasteiger partial charge >= 0.3 is 5.97 Å². The van der Waals surface area contributed by atoms with Crippen LogP contribution in [0.1, 0.15) is 51.9 Å². The fourth-order valence-corrected chi connectivity index (χ4v) is 5.69. The van der Waals surface area contributed by atoms with Crippen molar-refractivity contribution in [2.75, 3.05) is 32.8 Å². The summed E-state index contributed by atoms with van der Waals surface area (Å²) in [5.41, 5.74) is -1.16. The minimum absolute atomic E-state index is 0.105. The second-order valence-electron chi connectivity index (χ2n) is 9.44. The number of ether oxygens (including phenoxy) is 2. The molecular formula is C25H36N2O6. The van der Waals surface area contributed by atoms with Crippen molar-refractivity contribution < 1.29 is 29.0 Å². The predicted octanol–water partition coefficient (Wildman–Crippen LogP) is 1.82. The predicted molar refractivity (Wildman–Crippen MR) is 121 cm³/mol. The van der Waals surface area contributed by atoms with Crippen molar-refractivity contribution in [1.82, 2.24) is 9.80 Å². The van der Waals surface area contributed by atoms with Crippen LogP contribution in [0.4, 0.5) is 0 Å². The van der Waals surface area contributed by atoms with E-state index >= 15 is 0 Å². The summed E-state index contributed by atoms with van der Waals surface area (Å²) in [6.07, 6.45) is 12.6. The summed E-state index contributed by atoms with van der Waals surface area (Å²) in [5, 5.41) is 9.04. The highest BCUT2D eigenvalue weighted by Crippen LogP contribution is 2.53. The fraction of sp³-hybridized carbons (Fsp3) is 0.720. The van der Waals surface area contributed by atoms with Crippen molar-refractivity contribution in [1.29, 1.82) is 0 Å². The van der Waals surface area contributed by atoms with Crippen LogP contribution in [0.2, 0.25) is 0 Å². The molecule has 0 aromatic carbocycles. The van der Waals surface area contributed by atoms with Crippen LogP contribution < -0.4 is 0 Å². The summed E-state index contributed by atoms with van der Waals surface area (Å²) in [6, 6.07) is -0.780. The minimum atomic E-state index is -1.16. The molecule has 8 heteroatoms. The zero-order chi connectivity index (χ0) is 23.4. The number of amides is 2. The highest BCUT2D eigenvalue weighted by atomic mass is 16.6. The molecule has 2 saturated heterocycles. The molecule has 2 fully saturated rings. The molecule has 0 aromatic rings. The number of aliphatic hydroxyl groups excluding tert-OH is 1. The van der Waals surface area contributed by atoms with Crippen molar-refractivity contribution in [2.24, 2.45) is 11.8 Å². The van der Waals surface area contributed by atoms with E-state index in [0.29, 0.717) is 26.1 Å². The Kier molecular flexibility index (Phi) is 7.54. The molecule has 2 unspecified atom stereocenters. The van der Waals surface area contributed by atoms with Gasteiger partial charge in [-0.25, -0.2) is 0 Å². The zero-order valence-corrected chi connectivity index (χ0v) is 19.5. The maximum atomic E-state index is 13.8. The molecule has 0 aliphatic carbocycles. The Morgan fingerprint density at radius 2 is 1.88 bits per heavy atom. The number of carbonyl (C=O) groups is 3. The van der Waals surface area contributed by atoms with E-state index in [1.54, 1.807) is 4.90 Å². The lowest BCUT2D eigenvalue weighted by atomic mass is 9.77. The van der Waals surface area contributed by atoms with Crippen LogP contribution in [0.5, 0.6) is 0 Å². The quantitative estimate of drug-likeness (QED) is 0.320. The van der Waals surface area contributed by atoms with Crippen LogP contribution in [-0.2, 0) is 23.9 Å². The molecule has 4 aliphatic rings. The van der Waals surface area contributed by atoms with Gasteiger partial charge in [0.1, 0.15) is 17.6 Å². The molecule has 4 rings (SSSR count). The van der Waals surface area contributed by atoms with Crippen molar-refractivity contribution in [3.8, 4) is 0 Å². The Morgan fingerprint density at radius 3 is 2.67 bits per heavy atom. The molecule has 0 aromatic heterocycles. The summed E-state index contributed by atoms with van der Waals surface area (Å²) in [6.45, 7) is 4.05. The van der Waals surface area contributed by atoms with Gasteiger partial charge in [-0.2, -0.15) is 0 Å². The number of esters is 1. The Balaban J connectivity index is 1.68. The standard InChI is InChI=1S/C25H36N2O6/c1-2-3-13-26-14-10-12-25-20(19-18(33-25)11-6-9-17-32-24(19)31)22(29)27(21(25)23(26)30)15-7-4-5-8-16-28/h6,10-12,18-21,28H,2-5,7-9,13-17H2,1H3/t18-,19?,20+,21-,25?/m1/s1. The highest BCUT2D eigenvalue weighted by Gasteiger charge is 2.71. The first-order chi connectivity index (χ1) is 16.0. The summed E-state index contributed by atoms with van der Waals surface area (Å²) in [4.78, 5) is 44.1. The van der Waals surface area contributed by atoms with Gasteiger partial charge in [-0.05, 0) is 25.7 Å². The summed E-state index contributed by atoms with van der Waals surface area (Å²) in [7, 11) is 0. The average molecular weight is 461 g/mol. The third-order valence-corrected chi connectivity index (χ3v) is 7.29. The van der Waals surface area contributed by atoms with E-state index in [2.05, 4.69) is 6.92 Å². The zero-order valence-electron chi connectivity index (χ0n) is 19.5. The van der Waals surface area contributed by atoms with Gasteiger partial charge < -0.3 is 24.4 Å². The van der Waals surface area contributed by atoms with Gasteiger partial charge in [0, 0.05) is 26.2 Å². The Morgan fingerprint density at radius 1 is 1.06 bits per heavy atom. The van der Waals surface area contributed by atoms with Gasteiger partial charge in [0.05, 0.1) is 18.6 Å². The van der Waals surface area contributed by atoms with E-state index in [1.165, 1.54) is 0 Å². The minimum Gasteiger partial charge on any atom is -0.465 e. The van der Waals surface area contributed by atoms with Crippen molar-refractivity contribution in [3.05, 3.63) is 24.3 Å². The lowest BCUT2D eigenvalue weighted by molar-refractivity contribution is -0.155. The van der Waals surface area contributed by atoms with Crippen LogP contribution in [-0.4, -0.2) is 83.3 Å². The highest BCUT2D eigenvalue weighted by molar-refractivity contribution is 5.99. The number of aliphatic hydroxyl groups is 1. The lowest BCUT2D eigenvalue weighted by Crippen LogP contribution is -2.55. The van der Waals surface area contributed by atoms with Crippen LogP contribution in [0, 0.1) is 11.8 Å². The molecule has 2 amide bonds. The molecule has 8 nitrogen and oxygen atoms in total. The van der Waals surface area contributed by atoms with Gasteiger partial charge in [0.2, 0.25) is 11.8 Å². The third kappa shape index (κ3) is 4.35. The Bertz CT molecular complexity index is 811. The molecule has 1 spiro atoms. The summed E-state index contributed by atoms with van der Waals surface area (Å²) in [5.74, 6) is -2.25. The maximum Gasteiger partial charge on any atom is 0.312 e. The Labute approximate surface area is 195 Å². The normalized spacial score (nSPS) is 33.3. The fourth-order valence-electron chi connectivity index (χ4n) is 5.69. The molecule has 182 valence electrons. The topological polar surface area (TPSA) is 96.4 Å². The van der Waals surface area contributed by atoms with Gasteiger partial charge in [0.15, 0.2) is 0 Å². The maximum absolute atomic E-state index is 13.8. The van der Waals surface area contributed by atoms with Crippen molar-refractivity contribution in [3.63, 3.8) is 0 Å². The van der Waals surface area contributed by atoms with Crippen LogP contribution >= 0.6 is 0 Å². The number of hydrogen-bond acceptors (Lipinski definition) is 6. The van der Waals surface area contributed by atoms with Gasteiger partial charge in [-0.15, -0.1) is 0 Å². The molecule has 33 heavy (non-hydrogen) atoms. The first kappa shape index (κ1) is 24.0. The first-order valence-electron chi connectivity index (χ1n) is 12.4. The second kappa shape index (κ2) is 10.4. The van der Waals surface area contributed by atoms with E-state index in [-0.39, 0.29) is 25.0 Å². The second-order valence-corrected chi connectivity index (χ2v) is 9.44. The largest absolute Gasteiger partial charge is 0.465 e. The van der Waals surface area contributed by atoms with Gasteiger partial charge in [-0.3, -0.25) is 14.4 Å². The monoisotopic (exact) mass is 460 g/mol. The SMILES string of the molecule is CCCCN1CC=CC23O[C@@H]4C=CCCOC(=O)C4[C@H]2C(=O)N(CCCCCCO)[C@@H]3C1=O. The van der Waals surface area contributed by atoms with E-state index in [0.717, 1.165) is 38.5 Å². The molecule has 4 aliphatic heterocycles. The van der Waals surface area contributed by atoms with Crippen molar-refractivity contribution in [2.45, 2.75) is 69.6 Å². The smallest absolute Gasteiger partial charge is 0.312 e. The molecular weight excluding hydrogens is 424 g/mol. The molecule has 5 atom stereocenters. The van der Waals surface area contributed by atoms with Crippen LogP contribution in [0.3, 0.4) is 0 Å². The molecule has 4 heterocycles. The van der Waals surface area contributed by atoms with Gasteiger partial charge in [-0.1, -0.05) is 50.5 Å². The number of cyclic esters (lactones) is 1. The number of fused-ring (bicyclic) bond motifs is 2. The number of likely N-dealkylation sites (tertiary alicyclic amines) is 1. The number of carbonyl (C=O) groups excluding carboxylic acids is 3. The lowest BCUT2D eigenvalue weighted by Gasteiger charge is -2.35. The number of unbranched alkanes of at least 4 members (excludes halogenated alkanes) is 4. The van der Waals surface area contributed by atoms with E-state index in [1.807, 2.05) is 29.2 Å². The van der Waals surface area contributed by atoms with Gasteiger partial charge in [0.25, 0.3) is 0 Å². The number of rotatable bonds is 9. The number of hydrogen-bond donors (Lipinski definition) is 1. The molecule has 0 radical (unpaired) electrons. The van der Waals surface area contributed by atoms with Crippen LogP contribution in [0.25, 0.3) is 0 Å². The molecule has 0 bridgehead atoms. The van der Waals surface area contributed by atoms with E-state index in [4.69, 9.17) is 14.6 Å².